The molecule has 0 bridgehead atoms. The lowest BCUT2D eigenvalue weighted by Gasteiger charge is -2.35. The smallest absolute Gasteiger partial charge is 0.263 e. The summed E-state index contributed by atoms with van der Waals surface area (Å²) in [6.45, 7) is 3.11. The molecule has 0 aromatic carbocycles. The van der Waals surface area contributed by atoms with Gasteiger partial charge in [-0.25, -0.2) is 4.98 Å². The van der Waals surface area contributed by atoms with Gasteiger partial charge in [0.1, 0.15) is 5.76 Å². The Labute approximate surface area is 129 Å². The fraction of sp³-hybridized carbons (Fsp3) is 0.500. The van der Waals surface area contributed by atoms with E-state index in [-0.39, 0.29) is 18.4 Å². The second-order valence-corrected chi connectivity index (χ2v) is 5.65. The number of amides is 1. The highest BCUT2D eigenvalue weighted by Gasteiger charge is 2.27. The zero-order valence-corrected chi connectivity index (χ0v) is 12.7. The number of furan rings is 1. The number of piperidine rings is 1. The number of nitrogens with zero attached hydrogens (tertiary/aromatic N) is 2. The van der Waals surface area contributed by atoms with E-state index in [1.807, 2.05) is 11.8 Å². The highest BCUT2D eigenvalue weighted by Crippen LogP contribution is 2.23. The van der Waals surface area contributed by atoms with E-state index < -0.39 is 0 Å². The van der Waals surface area contributed by atoms with Gasteiger partial charge in [0, 0.05) is 19.1 Å². The van der Waals surface area contributed by atoms with E-state index in [1.54, 1.807) is 18.4 Å². The summed E-state index contributed by atoms with van der Waals surface area (Å²) in [6, 6.07) is 3.71. The number of carbonyl (C=O) groups is 1. The maximum atomic E-state index is 12.6. The van der Waals surface area contributed by atoms with E-state index in [4.69, 9.17) is 14.6 Å². The Hall–Kier alpha value is -2.08. The Bertz CT molecular complexity index is 633. The summed E-state index contributed by atoms with van der Waals surface area (Å²) in [7, 11) is 0. The first-order chi connectivity index (χ1) is 10.7. The van der Waals surface area contributed by atoms with Crippen LogP contribution in [0.15, 0.2) is 27.2 Å². The molecule has 22 heavy (non-hydrogen) atoms. The third-order valence-corrected chi connectivity index (χ3v) is 4.16. The zero-order valence-electron chi connectivity index (χ0n) is 12.7. The molecule has 1 atom stereocenters. The van der Waals surface area contributed by atoms with Crippen LogP contribution in [0, 0.1) is 6.92 Å². The molecule has 3 heterocycles. The lowest BCUT2D eigenvalue weighted by molar-refractivity contribution is -0.133. The van der Waals surface area contributed by atoms with Gasteiger partial charge in [0.05, 0.1) is 18.4 Å². The summed E-state index contributed by atoms with van der Waals surface area (Å²) in [6.07, 6.45) is 4.97. The second-order valence-electron chi connectivity index (χ2n) is 5.65. The first-order valence-electron chi connectivity index (χ1n) is 7.68. The third kappa shape index (κ3) is 2.92. The van der Waals surface area contributed by atoms with Gasteiger partial charge in [-0.15, -0.1) is 0 Å². The van der Waals surface area contributed by atoms with Gasteiger partial charge in [0.25, 0.3) is 5.89 Å². The second kappa shape index (κ2) is 6.36. The maximum Gasteiger partial charge on any atom is 0.263 e. The van der Waals surface area contributed by atoms with Crippen LogP contribution < -0.4 is 5.73 Å². The monoisotopic (exact) mass is 303 g/mol. The van der Waals surface area contributed by atoms with E-state index in [9.17, 15) is 4.79 Å². The van der Waals surface area contributed by atoms with Crippen molar-refractivity contribution in [1.82, 2.24) is 9.88 Å². The van der Waals surface area contributed by atoms with Crippen LogP contribution in [0.2, 0.25) is 0 Å². The lowest BCUT2D eigenvalue weighted by Crippen LogP contribution is -2.48. The van der Waals surface area contributed by atoms with Crippen molar-refractivity contribution in [2.45, 2.75) is 38.6 Å². The van der Waals surface area contributed by atoms with Gasteiger partial charge in [-0.2, -0.15) is 0 Å². The van der Waals surface area contributed by atoms with E-state index in [2.05, 4.69) is 4.98 Å². The third-order valence-electron chi connectivity index (χ3n) is 4.16. The van der Waals surface area contributed by atoms with Crippen LogP contribution in [-0.4, -0.2) is 34.9 Å². The largest absolute Gasteiger partial charge is 0.459 e. The molecule has 118 valence electrons. The Morgan fingerprint density at radius 3 is 3.09 bits per heavy atom. The number of rotatable bonds is 4. The fourth-order valence-corrected chi connectivity index (χ4v) is 2.92. The number of oxazole rings is 1. The molecule has 3 rings (SSSR count). The summed E-state index contributed by atoms with van der Waals surface area (Å²) in [5.41, 5.74) is 6.45. The van der Waals surface area contributed by atoms with Crippen LogP contribution >= 0.6 is 0 Å². The van der Waals surface area contributed by atoms with Gasteiger partial charge in [-0.3, -0.25) is 4.79 Å². The predicted octanol–water partition coefficient (Wildman–Crippen LogP) is 2.13. The molecule has 1 saturated heterocycles. The molecule has 1 aliphatic rings. The van der Waals surface area contributed by atoms with E-state index in [0.29, 0.717) is 29.6 Å². The van der Waals surface area contributed by atoms with Crippen molar-refractivity contribution in [3.8, 4) is 11.7 Å². The number of carbonyl (C=O) groups excluding carboxylic acids is 1. The Morgan fingerprint density at radius 2 is 2.36 bits per heavy atom. The Balaban J connectivity index is 1.74. The molecule has 0 radical (unpaired) electrons. The molecule has 6 nitrogen and oxygen atoms in total. The Kier molecular flexibility index (Phi) is 4.29. The molecule has 1 fully saturated rings. The number of likely N-dealkylation sites (tertiary alicyclic amines) is 1. The normalized spacial score (nSPS) is 18.6. The standard InChI is InChI=1S/C16H21N3O3/c1-11-13(18-16(22-11)14-6-4-8-21-14)9-15(20)19-7-3-2-5-12(19)10-17/h4,6,8,12H,2-3,5,7,9-10,17H2,1H3. The summed E-state index contributed by atoms with van der Waals surface area (Å²) >= 11 is 0. The lowest BCUT2D eigenvalue weighted by atomic mass is 10.0. The van der Waals surface area contributed by atoms with Crippen LogP contribution in [0.1, 0.15) is 30.7 Å². The minimum absolute atomic E-state index is 0.0672. The van der Waals surface area contributed by atoms with Crippen molar-refractivity contribution in [3.63, 3.8) is 0 Å². The summed E-state index contributed by atoms with van der Waals surface area (Å²) in [4.78, 5) is 18.8. The van der Waals surface area contributed by atoms with Gasteiger partial charge in [-0.1, -0.05) is 0 Å². The molecule has 0 saturated carbocycles. The fourth-order valence-electron chi connectivity index (χ4n) is 2.92. The quantitative estimate of drug-likeness (QED) is 0.935. The van der Waals surface area contributed by atoms with Gasteiger partial charge in [-0.05, 0) is 38.3 Å². The van der Waals surface area contributed by atoms with E-state index >= 15 is 0 Å². The van der Waals surface area contributed by atoms with Gasteiger partial charge < -0.3 is 19.5 Å². The van der Waals surface area contributed by atoms with Crippen LogP contribution in [0.25, 0.3) is 11.7 Å². The number of hydrogen-bond acceptors (Lipinski definition) is 5. The SMILES string of the molecule is Cc1oc(-c2ccco2)nc1CC(=O)N1CCCCC1CN. The van der Waals surface area contributed by atoms with Crippen LogP contribution in [-0.2, 0) is 11.2 Å². The van der Waals surface area contributed by atoms with E-state index in [1.165, 1.54) is 0 Å². The average Bonchev–Trinajstić information content (AvgIpc) is 3.17. The first-order valence-corrected chi connectivity index (χ1v) is 7.68. The van der Waals surface area contributed by atoms with Crippen LogP contribution in [0.5, 0.6) is 0 Å². The molecule has 0 aliphatic carbocycles. The van der Waals surface area contributed by atoms with Crippen molar-refractivity contribution < 1.29 is 13.6 Å². The summed E-state index contributed by atoms with van der Waals surface area (Å²) in [5.74, 6) is 1.71. The van der Waals surface area contributed by atoms with Crippen molar-refractivity contribution in [2.75, 3.05) is 13.1 Å². The molecular weight excluding hydrogens is 282 g/mol. The van der Waals surface area contributed by atoms with Crippen molar-refractivity contribution in [2.24, 2.45) is 5.73 Å². The molecule has 0 spiro atoms. The van der Waals surface area contributed by atoms with Crippen LogP contribution in [0.4, 0.5) is 0 Å². The molecule has 2 N–H and O–H groups in total. The van der Waals surface area contributed by atoms with Crippen LogP contribution in [0.3, 0.4) is 0 Å². The van der Waals surface area contributed by atoms with Crippen molar-refractivity contribution >= 4 is 5.91 Å². The number of hydrogen-bond donors (Lipinski definition) is 1. The molecular formula is C16H21N3O3. The topological polar surface area (TPSA) is 85.5 Å². The van der Waals surface area contributed by atoms with Gasteiger partial charge >= 0.3 is 0 Å². The first kappa shape index (κ1) is 14.8. The average molecular weight is 303 g/mol. The molecule has 2 aromatic heterocycles. The highest BCUT2D eigenvalue weighted by molar-refractivity contribution is 5.79. The molecule has 2 aromatic rings. The zero-order chi connectivity index (χ0) is 15.5. The number of aryl methyl sites for hydroxylation is 1. The number of aromatic nitrogens is 1. The van der Waals surface area contributed by atoms with Gasteiger partial charge in [0.15, 0.2) is 5.76 Å². The molecule has 1 amide bonds. The molecule has 1 aliphatic heterocycles. The minimum atomic E-state index is 0.0672. The summed E-state index contributed by atoms with van der Waals surface area (Å²) < 4.78 is 10.9. The maximum absolute atomic E-state index is 12.6. The highest BCUT2D eigenvalue weighted by atomic mass is 16.4. The molecule has 1 unspecified atom stereocenters. The summed E-state index contributed by atoms with van der Waals surface area (Å²) in [5, 5.41) is 0. The van der Waals surface area contributed by atoms with E-state index in [0.717, 1.165) is 25.8 Å². The number of nitrogens with two attached hydrogens (primary N) is 1. The minimum Gasteiger partial charge on any atom is -0.459 e. The Morgan fingerprint density at radius 1 is 1.50 bits per heavy atom. The predicted molar refractivity (Wildman–Crippen MR) is 81.1 cm³/mol. The molecule has 6 heteroatoms. The van der Waals surface area contributed by atoms with Gasteiger partial charge in [0.2, 0.25) is 5.91 Å². The van der Waals surface area contributed by atoms with Crippen molar-refractivity contribution in [1.29, 1.82) is 0 Å². The van der Waals surface area contributed by atoms with Crippen molar-refractivity contribution in [3.05, 3.63) is 29.9 Å².